The van der Waals surface area contributed by atoms with Crippen LogP contribution in [0.2, 0.25) is 0 Å². The topological polar surface area (TPSA) is 40.9 Å². The maximum absolute atomic E-state index is 11.8. The fourth-order valence-corrected chi connectivity index (χ4v) is 6.77. The van der Waals surface area contributed by atoms with E-state index in [9.17, 15) is 10.1 Å². The van der Waals surface area contributed by atoms with Crippen LogP contribution in [0, 0.1) is 45.8 Å². The van der Waals surface area contributed by atoms with Gasteiger partial charge in [0.15, 0.2) is 5.78 Å². The van der Waals surface area contributed by atoms with Gasteiger partial charge in [-0.2, -0.15) is 5.26 Å². The van der Waals surface area contributed by atoms with Gasteiger partial charge < -0.3 is 0 Å². The highest BCUT2D eigenvalue weighted by Gasteiger charge is 2.58. The molecule has 0 saturated heterocycles. The zero-order valence-electron chi connectivity index (χ0n) is 15.9. The Bertz CT molecular complexity index is 585. The van der Waals surface area contributed by atoms with Crippen LogP contribution in [0.25, 0.3) is 0 Å². The number of fused-ring (bicyclic) bond motifs is 5. The van der Waals surface area contributed by atoms with E-state index >= 15 is 0 Å². The monoisotopic (exact) mass is 327 g/mol. The highest BCUT2D eigenvalue weighted by molar-refractivity contribution is 5.91. The molecule has 6 atom stereocenters. The summed E-state index contributed by atoms with van der Waals surface area (Å²) in [4.78, 5) is 11.8. The van der Waals surface area contributed by atoms with Gasteiger partial charge in [0.2, 0.25) is 0 Å². The molecule has 0 radical (unpaired) electrons. The molecular weight excluding hydrogens is 294 g/mol. The normalized spacial score (nSPS) is 46.5. The van der Waals surface area contributed by atoms with Gasteiger partial charge in [0.05, 0.1) is 12.0 Å². The smallest absolute Gasteiger partial charge is 0.155 e. The SMILES string of the molecule is CC.CC12CCC(=O)C=C1CCC1C2CCC2(C)C(C#N)CCC12. The summed E-state index contributed by atoms with van der Waals surface area (Å²) in [5.74, 6) is 2.89. The first-order valence-corrected chi connectivity index (χ1v) is 10.1. The second kappa shape index (κ2) is 6.32. The molecule has 0 aromatic heterocycles. The lowest BCUT2D eigenvalue weighted by Gasteiger charge is -2.57. The molecule has 0 aromatic carbocycles. The lowest BCUT2D eigenvalue weighted by Crippen LogP contribution is -2.50. The second-order valence-corrected chi connectivity index (χ2v) is 8.77. The highest BCUT2D eigenvalue weighted by Crippen LogP contribution is 2.66. The quantitative estimate of drug-likeness (QED) is 0.574. The summed E-state index contributed by atoms with van der Waals surface area (Å²) in [6.07, 6.45) is 11.0. The average molecular weight is 328 g/mol. The molecule has 6 unspecified atom stereocenters. The molecule has 0 bridgehead atoms. The van der Waals surface area contributed by atoms with E-state index in [1.807, 2.05) is 19.9 Å². The zero-order chi connectivity index (χ0) is 17.5. The molecule has 4 aliphatic rings. The number of hydrogen-bond donors (Lipinski definition) is 0. The molecule has 3 fully saturated rings. The summed E-state index contributed by atoms with van der Waals surface area (Å²) >= 11 is 0. The van der Waals surface area contributed by atoms with Crippen molar-refractivity contribution in [3.05, 3.63) is 11.6 Å². The van der Waals surface area contributed by atoms with Crippen LogP contribution in [-0.2, 0) is 4.79 Å². The van der Waals surface area contributed by atoms with Gasteiger partial charge in [-0.1, -0.05) is 33.3 Å². The first-order valence-electron chi connectivity index (χ1n) is 10.1. The van der Waals surface area contributed by atoms with Crippen LogP contribution in [0.4, 0.5) is 0 Å². The van der Waals surface area contributed by atoms with Crippen LogP contribution in [-0.4, -0.2) is 5.78 Å². The van der Waals surface area contributed by atoms with E-state index < -0.39 is 0 Å². The van der Waals surface area contributed by atoms with Gasteiger partial charge in [-0.15, -0.1) is 0 Å². The number of nitrogens with zero attached hydrogens (tertiary/aromatic N) is 1. The predicted octanol–water partition coefficient (Wildman–Crippen LogP) is 5.68. The van der Waals surface area contributed by atoms with Crippen molar-refractivity contribution < 1.29 is 4.79 Å². The van der Waals surface area contributed by atoms with Crippen molar-refractivity contribution in [2.45, 2.75) is 79.1 Å². The third kappa shape index (κ3) is 2.39. The largest absolute Gasteiger partial charge is 0.295 e. The number of carbonyl (C=O) groups is 1. The number of hydrogen-bond acceptors (Lipinski definition) is 2. The van der Waals surface area contributed by atoms with Crippen molar-refractivity contribution in [1.29, 1.82) is 5.26 Å². The Morgan fingerprint density at radius 1 is 1.04 bits per heavy atom. The molecule has 0 spiro atoms. The fourth-order valence-electron chi connectivity index (χ4n) is 6.77. The van der Waals surface area contributed by atoms with Crippen molar-refractivity contribution in [2.75, 3.05) is 0 Å². The molecule has 0 heterocycles. The van der Waals surface area contributed by atoms with Crippen LogP contribution in [0.15, 0.2) is 11.6 Å². The molecule has 2 nitrogen and oxygen atoms in total. The molecular formula is C22H33NO. The van der Waals surface area contributed by atoms with Gasteiger partial charge in [0.1, 0.15) is 0 Å². The van der Waals surface area contributed by atoms with Crippen LogP contribution in [0.3, 0.4) is 0 Å². The Balaban J connectivity index is 0.000000815. The molecule has 4 rings (SSSR count). The zero-order valence-corrected chi connectivity index (χ0v) is 15.9. The van der Waals surface area contributed by atoms with Crippen molar-refractivity contribution in [2.24, 2.45) is 34.5 Å². The Hall–Kier alpha value is -1.10. The van der Waals surface area contributed by atoms with Crippen LogP contribution in [0.5, 0.6) is 0 Å². The lowest BCUT2D eigenvalue weighted by atomic mass is 9.47. The molecule has 3 saturated carbocycles. The van der Waals surface area contributed by atoms with E-state index in [4.69, 9.17) is 0 Å². The van der Waals surface area contributed by atoms with E-state index in [1.165, 1.54) is 31.3 Å². The summed E-state index contributed by atoms with van der Waals surface area (Å²) in [7, 11) is 0. The predicted molar refractivity (Wildman–Crippen MR) is 97.2 cm³/mol. The summed E-state index contributed by atoms with van der Waals surface area (Å²) in [6, 6.07) is 2.61. The third-order valence-electron chi connectivity index (χ3n) is 8.12. The van der Waals surface area contributed by atoms with Gasteiger partial charge in [0, 0.05) is 6.42 Å². The van der Waals surface area contributed by atoms with Gasteiger partial charge in [0.25, 0.3) is 0 Å². The summed E-state index contributed by atoms with van der Waals surface area (Å²) < 4.78 is 0. The van der Waals surface area contributed by atoms with Crippen LogP contribution in [0.1, 0.15) is 79.1 Å². The van der Waals surface area contributed by atoms with E-state index in [0.29, 0.717) is 5.78 Å². The fraction of sp³-hybridized carbons (Fsp3) is 0.818. The van der Waals surface area contributed by atoms with Crippen molar-refractivity contribution >= 4 is 5.78 Å². The third-order valence-corrected chi connectivity index (χ3v) is 8.12. The summed E-state index contributed by atoms with van der Waals surface area (Å²) in [5, 5.41) is 9.54. The lowest BCUT2D eigenvalue weighted by molar-refractivity contribution is -0.117. The van der Waals surface area contributed by atoms with Crippen molar-refractivity contribution in [1.82, 2.24) is 0 Å². The van der Waals surface area contributed by atoms with Gasteiger partial charge in [-0.25, -0.2) is 0 Å². The molecule has 0 N–H and O–H groups in total. The van der Waals surface area contributed by atoms with E-state index in [-0.39, 0.29) is 16.7 Å². The van der Waals surface area contributed by atoms with Crippen LogP contribution < -0.4 is 0 Å². The molecule has 0 aromatic rings. The Morgan fingerprint density at radius 3 is 2.50 bits per heavy atom. The molecule has 0 amide bonds. The minimum Gasteiger partial charge on any atom is -0.295 e. The molecule has 2 heteroatoms. The Morgan fingerprint density at radius 2 is 1.79 bits per heavy atom. The first kappa shape index (κ1) is 17.7. The Kier molecular flexibility index (Phi) is 4.67. The van der Waals surface area contributed by atoms with Crippen LogP contribution >= 0.6 is 0 Å². The van der Waals surface area contributed by atoms with E-state index in [1.54, 1.807) is 0 Å². The molecule has 24 heavy (non-hydrogen) atoms. The Labute approximate surface area is 147 Å². The first-order chi connectivity index (χ1) is 11.5. The number of nitriles is 1. The number of allylic oxidation sites excluding steroid dienone is 1. The maximum atomic E-state index is 11.8. The maximum Gasteiger partial charge on any atom is 0.155 e. The number of ketones is 1. The van der Waals surface area contributed by atoms with Crippen molar-refractivity contribution in [3.63, 3.8) is 0 Å². The van der Waals surface area contributed by atoms with Gasteiger partial charge >= 0.3 is 0 Å². The summed E-state index contributed by atoms with van der Waals surface area (Å²) in [5.41, 5.74) is 1.98. The minimum atomic E-state index is 0.262. The molecule has 0 aliphatic heterocycles. The summed E-state index contributed by atoms with van der Waals surface area (Å²) in [6.45, 7) is 8.83. The standard InChI is InChI=1S/C20H27NO.C2H6/c1-19-9-7-15(22)11-13(19)3-5-16-17-6-4-14(12-21)20(17,2)10-8-18(16)19;1-2/h11,14,16-18H,3-10H2,1-2H3;1-2H3. The van der Waals surface area contributed by atoms with E-state index in [2.05, 4.69) is 19.9 Å². The van der Waals surface area contributed by atoms with Gasteiger partial charge in [-0.05, 0) is 79.6 Å². The highest BCUT2D eigenvalue weighted by atomic mass is 16.1. The molecule has 132 valence electrons. The minimum absolute atomic E-state index is 0.262. The van der Waals surface area contributed by atoms with Gasteiger partial charge in [-0.3, -0.25) is 4.79 Å². The van der Waals surface area contributed by atoms with Crippen molar-refractivity contribution in [3.8, 4) is 6.07 Å². The second-order valence-electron chi connectivity index (χ2n) is 8.77. The number of carbonyl (C=O) groups excluding carboxylic acids is 1. The average Bonchev–Trinajstić information content (AvgIpc) is 2.93. The van der Waals surface area contributed by atoms with E-state index in [0.717, 1.165) is 43.4 Å². The molecule has 4 aliphatic carbocycles. The number of rotatable bonds is 0.